The van der Waals surface area contributed by atoms with Crippen LogP contribution in [-0.4, -0.2) is 32.0 Å². The number of rotatable bonds is 5. The van der Waals surface area contributed by atoms with Crippen LogP contribution in [0.15, 0.2) is 35.1 Å². The van der Waals surface area contributed by atoms with Crippen molar-refractivity contribution < 1.29 is 14.7 Å². The number of aryl methyl sites for hydroxylation is 1. The summed E-state index contributed by atoms with van der Waals surface area (Å²) in [6.45, 7) is 0.408. The molecule has 0 saturated carbocycles. The minimum Gasteiger partial charge on any atom is -0.478 e. The second kappa shape index (κ2) is 6.29. The Morgan fingerprint density at radius 3 is 2.80 bits per heavy atom. The fraction of sp³-hybridized carbons (Fsp3) is 0.167. The predicted octanol–water partition coefficient (Wildman–Crippen LogP) is 1.77. The van der Waals surface area contributed by atoms with Crippen molar-refractivity contribution in [3.63, 3.8) is 0 Å². The van der Waals surface area contributed by atoms with Gasteiger partial charge < -0.3 is 10.4 Å². The Hall–Kier alpha value is -2.22. The lowest BCUT2D eigenvalue weighted by Crippen LogP contribution is -2.15. The number of halogens is 1. The minimum atomic E-state index is -1.05. The predicted molar refractivity (Wildman–Crippen MR) is 74.4 cm³/mol. The zero-order chi connectivity index (χ0) is 14.5. The summed E-state index contributed by atoms with van der Waals surface area (Å²) >= 11 is 3.20. The molecule has 104 valence electrons. The summed E-state index contributed by atoms with van der Waals surface area (Å²) in [4.78, 5) is 22.7. The van der Waals surface area contributed by atoms with Crippen LogP contribution >= 0.6 is 15.9 Å². The fourth-order valence-corrected chi connectivity index (χ4v) is 2.07. The van der Waals surface area contributed by atoms with Crippen molar-refractivity contribution in [3.05, 3.63) is 40.6 Å². The molecule has 0 aliphatic carbocycles. The van der Waals surface area contributed by atoms with Gasteiger partial charge in [0, 0.05) is 22.8 Å². The number of hydrogen-bond acceptors (Lipinski definition) is 4. The molecule has 0 bridgehead atoms. The van der Waals surface area contributed by atoms with Crippen molar-refractivity contribution in [1.29, 1.82) is 0 Å². The maximum absolute atomic E-state index is 11.8. The minimum absolute atomic E-state index is 0.103. The van der Waals surface area contributed by atoms with Crippen LogP contribution in [0, 0.1) is 0 Å². The van der Waals surface area contributed by atoms with Crippen LogP contribution in [0.25, 0.3) is 0 Å². The summed E-state index contributed by atoms with van der Waals surface area (Å²) in [5.74, 6) is -1.28. The van der Waals surface area contributed by atoms with E-state index >= 15 is 0 Å². The molecule has 2 aromatic rings. The normalized spacial score (nSPS) is 10.2. The van der Waals surface area contributed by atoms with Gasteiger partial charge in [-0.15, -0.1) is 5.10 Å². The number of benzene rings is 1. The average molecular weight is 339 g/mol. The number of carbonyl (C=O) groups excluding carboxylic acids is 1. The summed E-state index contributed by atoms with van der Waals surface area (Å²) in [5, 5.41) is 19.0. The molecular formula is C12H11BrN4O3. The highest BCUT2D eigenvalue weighted by Crippen LogP contribution is 2.20. The van der Waals surface area contributed by atoms with E-state index in [1.54, 1.807) is 16.9 Å². The van der Waals surface area contributed by atoms with Gasteiger partial charge in [0.25, 0.3) is 0 Å². The first-order valence-corrected chi connectivity index (χ1v) is 6.52. The number of carbonyl (C=O) groups is 2. The van der Waals surface area contributed by atoms with E-state index < -0.39 is 5.97 Å². The molecule has 0 aliphatic rings. The molecule has 0 unspecified atom stereocenters. The lowest BCUT2D eigenvalue weighted by atomic mass is 10.2. The molecule has 0 atom stereocenters. The molecule has 0 spiro atoms. The quantitative estimate of drug-likeness (QED) is 0.865. The third kappa shape index (κ3) is 3.89. The summed E-state index contributed by atoms with van der Waals surface area (Å²) in [5.41, 5.74) is 0.534. The van der Waals surface area contributed by atoms with Gasteiger partial charge >= 0.3 is 5.97 Å². The van der Waals surface area contributed by atoms with E-state index in [-0.39, 0.29) is 17.9 Å². The Kier molecular flexibility index (Phi) is 4.46. The fourth-order valence-electron chi connectivity index (χ4n) is 1.58. The third-order valence-electron chi connectivity index (χ3n) is 2.47. The molecule has 1 aromatic carbocycles. The second-order valence-electron chi connectivity index (χ2n) is 4.00. The van der Waals surface area contributed by atoms with Crippen LogP contribution in [0.2, 0.25) is 0 Å². The highest BCUT2D eigenvalue weighted by atomic mass is 79.9. The first-order chi connectivity index (χ1) is 9.54. The van der Waals surface area contributed by atoms with Gasteiger partial charge in [0.15, 0.2) is 0 Å². The van der Waals surface area contributed by atoms with E-state index in [2.05, 4.69) is 31.6 Å². The van der Waals surface area contributed by atoms with Crippen LogP contribution in [-0.2, 0) is 11.3 Å². The van der Waals surface area contributed by atoms with Gasteiger partial charge in [0.2, 0.25) is 5.91 Å². The maximum atomic E-state index is 11.8. The molecule has 0 aliphatic heterocycles. The molecule has 1 amide bonds. The van der Waals surface area contributed by atoms with Gasteiger partial charge in [-0.2, -0.15) is 0 Å². The standard InChI is InChI=1S/C12H11BrN4O3/c13-9-5-8(12(19)20)6-10(7-9)15-11(18)1-3-17-4-2-14-16-17/h2,4-7H,1,3H2,(H,15,18)(H,19,20). The number of carboxylic acid groups (broad SMARTS) is 1. The van der Waals surface area contributed by atoms with E-state index in [0.29, 0.717) is 16.7 Å². The van der Waals surface area contributed by atoms with Crippen LogP contribution in [0.5, 0.6) is 0 Å². The number of anilines is 1. The maximum Gasteiger partial charge on any atom is 0.335 e. The van der Waals surface area contributed by atoms with Crippen molar-refractivity contribution >= 4 is 33.5 Å². The lowest BCUT2D eigenvalue weighted by molar-refractivity contribution is -0.116. The highest BCUT2D eigenvalue weighted by molar-refractivity contribution is 9.10. The lowest BCUT2D eigenvalue weighted by Gasteiger charge is -2.07. The number of aromatic nitrogens is 3. The smallest absolute Gasteiger partial charge is 0.335 e. The Labute approximate surface area is 122 Å². The monoisotopic (exact) mass is 338 g/mol. The zero-order valence-electron chi connectivity index (χ0n) is 10.3. The molecule has 2 rings (SSSR count). The number of aromatic carboxylic acids is 1. The van der Waals surface area contributed by atoms with E-state index in [9.17, 15) is 9.59 Å². The SMILES string of the molecule is O=C(CCn1ccnn1)Nc1cc(Br)cc(C(=O)O)c1. The second-order valence-corrected chi connectivity index (χ2v) is 4.91. The van der Waals surface area contributed by atoms with Gasteiger partial charge in [-0.1, -0.05) is 21.1 Å². The van der Waals surface area contributed by atoms with Crippen LogP contribution in [0.1, 0.15) is 16.8 Å². The van der Waals surface area contributed by atoms with Crippen molar-refractivity contribution in [3.8, 4) is 0 Å². The molecule has 20 heavy (non-hydrogen) atoms. The van der Waals surface area contributed by atoms with Crippen LogP contribution in [0.4, 0.5) is 5.69 Å². The van der Waals surface area contributed by atoms with E-state index in [1.165, 1.54) is 18.3 Å². The first-order valence-electron chi connectivity index (χ1n) is 5.72. The van der Waals surface area contributed by atoms with Crippen molar-refractivity contribution in [2.75, 3.05) is 5.32 Å². The van der Waals surface area contributed by atoms with Crippen LogP contribution < -0.4 is 5.32 Å². The van der Waals surface area contributed by atoms with Gasteiger partial charge in [0.1, 0.15) is 0 Å². The molecule has 8 heteroatoms. The van der Waals surface area contributed by atoms with Gasteiger partial charge in [0.05, 0.1) is 18.3 Å². The Morgan fingerprint density at radius 2 is 2.15 bits per heavy atom. The molecule has 1 aromatic heterocycles. The Balaban J connectivity index is 1.98. The topological polar surface area (TPSA) is 97.1 Å². The molecule has 0 fully saturated rings. The molecule has 0 radical (unpaired) electrons. The summed E-state index contributed by atoms with van der Waals surface area (Å²) in [7, 11) is 0. The van der Waals surface area contributed by atoms with E-state index in [1.807, 2.05) is 0 Å². The van der Waals surface area contributed by atoms with E-state index in [4.69, 9.17) is 5.11 Å². The third-order valence-corrected chi connectivity index (χ3v) is 2.93. The molecule has 2 N–H and O–H groups in total. The summed E-state index contributed by atoms with van der Waals surface area (Å²) < 4.78 is 2.13. The zero-order valence-corrected chi connectivity index (χ0v) is 11.9. The highest BCUT2D eigenvalue weighted by Gasteiger charge is 2.08. The van der Waals surface area contributed by atoms with Gasteiger partial charge in [-0.25, -0.2) is 4.79 Å². The number of nitrogens with one attached hydrogen (secondary N) is 1. The summed E-state index contributed by atoms with van der Waals surface area (Å²) in [6, 6.07) is 4.51. The molecule has 1 heterocycles. The van der Waals surface area contributed by atoms with Gasteiger partial charge in [-0.3, -0.25) is 9.48 Å². The number of hydrogen-bond donors (Lipinski definition) is 2. The Morgan fingerprint density at radius 1 is 1.35 bits per heavy atom. The van der Waals surface area contributed by atoms with E-state index in [0.717, 1.165) is 0 Å². The Bertz CT molecular complexity index is 628. The number of nitrogens with zero attached hydrogens (tertiary/aromatic N) is 3. The van der Waals surface area contributed by atoms with Gasteiger partial charge in [-0.05, 0) is 18.2 Å². The van der Waals surface area contributed by atoms with Crippen molar-refractivity contribution in [1.82, 2.24) is 15.0 Å². The number of amides is 1. The van der Waals surface area contributed by atoms with Crippen molar-refractivity contribution in [2.45, 2.75) is 13.0 Å². The molecule has 7 nitrogen and oxygen atoms in total. The largest absolute Gasteiger partial charge is 0.478 e. The number of carboxylic acids is 1. The average Bonchev–Trinajstić information content (AvgIpc) is 2.88. The van der Waals surface area contributed by atoms with Crippen LogP contribution in [0.3, 0.4) is 0 Å². The first kappa shape index (κ1) is 14.2. The van der Waals surface area contributed by atoms with Crippen molar-refractivity contribution in [2.24, 2.45) is 0 Å². The molecule has 0 saturated heterocycles. The molecular weight excluding hydrogens is 328 g/mol. The summed E-state index contributed by atoms with van der Waals surface area (Å²) in [6.07, 6.45) is 3.42.